The zero-order valence-corrected chi connectivity index (χ0v) is 13.8. The first kappa shape index (κ1) is 17.3. The highest BCUT2D eigenvalue weighted by atomic mass is 16.5. The van der Waals surface area contributed by atoms with Crippen molar-refractivity contribution < 1.29 is 14.6 Å². The zero-order chi connectivity index (χ0) is 16.5. The molecule has 0 aliphatic carbocycles. The van der Waals surface area contributed by atoms with Crippen LogP contribution in [0.4, 0.5) is 0 Å². The molecule has 0 radical (unpaired) electrons. The van der Waals surface area contributed by atoms with Crippen LogP contribution < -0.4 is 14.8 Å². The first-order chi connectivity index (χ1) is 11.3. The maximum atomic E-state index is 9.22. The van der Waals surface area contributed by atoms with Gasteiger partial charge in [0.05, 0.1) is 13.7 Å². The highest BCUT2D eigenvalue weighted by molar-refractivity contribution is 5.43. The van der Waals surface area contributed by atoms with Gasteiger partial charge < -0.3 is 19.9 Å². The van der Waals surface area contributed by atoms with Gasteiger partial charge in [-0.05, 0) is 29.7 Å². The Hall–Kier alpha value is -2.04. The monoisotopic (exact) mass is 315 g/mol. The summed E-state index contributed by atoms with van der Waals surface area (Å²) in [6.07, 6.45) is 0.895. The zero-order valence-electron chi connectivity index (χ0n) is 13.8. The molecule has 4 heteroatoms. The molecule has 0 aliphatic rings. The second kappa shape index (κ2) is 9.18. The molecule has 4 nitrogen and oxygen atoms in total. The predicted molar refractivity (Wildman–Crippen MR) is 91.8 cm³/mol. The van der Waals surface area contributed by atoms with Crippen molar-refractivity contribution in [1.29, 1.82) is 0 Å². The molecule has 124 valence electrons. The summed E-state index contributed by atoms with van der Waals surface area (Å²) in [6.45, 7) is 3.40. The first-order valence-electron chi connectivity index (χ1n) is 7.94. The summed E-state index contributed by atoms with van der Waals surface area (Å²) in [6, 6.07) is 16.1. The van der Waals surface area contributed by atoms with Gasteiger partial charge in [-0.1, -0.05) is 43.3 Å². The van der Waals surface area contributed by atoms with Gasteiger partial charge in [0, 0.05) is 12.6 Å². The van der Waals surface area contributed by atoms with Gasteiger partial charge >= 0.3 is 0 Å². The molecule has 0 saturated carbocycles. The normalized spacial score (nSPS) is 12.0. The molecule has 0 saturated heterocycles. The fourth-order valence-electron chi connectivity index (χ4n) is 2.28. The third kappa shape index (κ3) is 5.27. The van der Waals surface area contributed by atoms with Crippen LogP contribution in [0.5, 0.6) is 11.5 Å². The van der Waals surface area contributed by atoms with Crippen molar-refractivity contribution >= 4 is 0 Å². The van der Waals surface area contributed by atoms with Crippen LogP contribution in [-0.4, -0.2) is 24.9 Å². The van der Waals surface area contributed by atoms with Crippen molar-refractivity contribution in [3.8, 4) is 11.5 Å². The second-order valence-electron chi connectivity index (χ2n) is 5.43. The number of nitrogens with one attached hydrogen (secondary N) is 1. The molecule has 2 N–H and O–H groups in total. The summed E-state index contributed by atoms with van der Waals surface area (Å²) >= 11 is 0. The van der Waals surface area contributed by atoms with E-state index in [0.29, 0.717) is 13.2 Å². The smallest absolute Gasteiger partial charge is 0.161 e. The fraction of sp³-hybridized carbons (Fsp3) is 0.368. The van der Waals surface area contributed by atoms with Crippen LogP contribution in [0.3, 0.4) is 0 Å². The summed E-state index contributed by atoms with van der Waals surface area (Å²) in [4.78, 5) is 0. The van der Waals surface area contributed by atoms with E-state index in [1.54, 1.807) is 7.11 Å². The molecule has 1 atom stereocenters. The number of aliphatic hydroxyl groups is 1. The van der Waals surface area contributed by atoms with Crippen molar-refractivity contribution in [3.63, 3.8) is 0 Å². The van der Waals surface area contributed by atoms with E-state index in [-0.39, 0.29) is 12.6 Å². The van der Waals surface area contributed by atoms with Crippen molar-refractivity contribution in [1.82, 2.24) is 5.32 Å². The molecule has 23 heavy (non-hydrogen) atoms. The Balaban J connectivity index is 1.98. The van der Waals surface area contributed by atoms with Gasteiger partial charge in [0.25, 0.3) is 0 Å². The Bertz CT molecular complexity index is 582. The minimum absolute atomic E-state index is 0.120. The number of benzene rings is 2. The lowest BCUT2D eigenvalue weighted by Gasteiger charge is -2.16. The SMILES string of the molecule is CC[C@H](CO)NCc1ccc(OCc2ccccc2)c(OC)c1. The average molecular weight is 315 g/mol. The number of ether oxygens (including phenoxy) is 2. The molecule has 0 aromatic heterocycles. The average Bonchev–Trinajstić information content (AvgIpc) is 2.62. The molecule has 2 aromatic carbocycles. The Kier molecular flexibility index (Phi) is 6.91. The van der Waals surface area contributed by atoms with E-state index in [4.69, 9.17) is 9.47 Å². The van der Waals surface area contributed by atoms with E-state index < -0.39 is 0 Å². The van der Waals surface area contributed by atoms with Crippen molar-refractivity contribution in [2.45, 2.75) is 32.5 Å². The number of methoxy groups -OCH3 is 1. The van der Waals surface area contributed by atoms with Crippen LogP contribution in [0, 0.1) is 0 Å². The predicted octanol–water partition coefficient (Wildman–Crippen LogP) is 3.13. The van der Waals surface area contributed by atoms with E-state index >= 15 is 0 Å². The van der Waals surface area contributed by atoms with Gasteiger partial charge in [-0.2, -0.15) is 0 Å². The number of rotatable bonds is 9. The lowest BCUT2D eigenvalue weighted by Crippen LogP contribution is -2.31. The molecule has 0 unspecified atom stereocenters. The number of hydrogen-bond acceptors (Lipinski definition) is 4. The minimum Gasteiger partial charge on any atom is -0.493 e. The highest BCUT2D eigenvalue weighted by Crippen LogP contribution is 2.28. The molecule has 0 fully saturated rings. The topological polar surface area (TPSA) is 50.7 Å². The molecular formula is C19H25NO3. The first-order valence-corrected chi connectivity index (χ1v) is 7.94. The summed E-state index contributed by atoms with van der Waals surface area (Å²) in [5.74, 6) is 1.45. The number of hydrogen-bond donors (Lipinski definition) is 2. The van der Waals surface area contributed by atoms with Crippen molar-refractivity contribution in [3.05, 3.63) is 59.7 Å². The van der Waals surface area contributed by atoms with Crippen molar-refractivity contribution in [2.75, 3.05) is 13.7 Å². The van der Waals surface area contributed by atoms with E-state index in [9.17, 15) is 5.11 Å². The standard InChI is InChI=1S/C19H25NO3/c1-3-17(13-21)20-12-16-9-10-18(19(11-16)22-2)23-14-15-7-5-4-6-8-15/h4-11,17,20-21H,3,12-14H2,1-2H3/t17-/m1/s1. The molecule has 0 amide bonds. The molecule has 0 bridgehead atoms. The summed E-state index contributed by atoms with van der Waals surface area (Å²) < 4.78 is 11.3. The van der Waals surface area contributed by atoms with Crippen molar-refractivity contribution in [2.24, 2.45) is 0 Å². The fourth-order valence-corrected chi connectivity index (χ4v) is 2.28. The van der Waals surface area contributed by atoms with E-state index in [0.717, 1.165) is 29.0 Å². The van der Waals surface area contributed by atoms with Gasteiger partial charge in [0.2, 0.25) is 0 Å². The highest BCUT2D eigenvalue weighted by Gasteiger charge is 2.08. The number of aliphatic hydroxyl groups excluding tert-OH is 1. The summed E-state index contributed by atoms with van der Waals surface area (Å²) in [7, 11) is 1.64. The third-order valence-electron chi connectivity index (χ3n) is 3.77. The van der Waals surface area contributed by atoms with E-state index in [1.165, 1.54) is 0 Å². The van der Waals surface area contributed by atoms with Crippen LogP contribution in [0.2, 0.25) is 0 Å². The largest absolute Gasteiger partial charge is 0.493 e. The quantitative estimate of drug-likeness (QED) is 0.746. The minimum atomic E-state index is 0.120. The Morgan fingerprint density at radius 3 is 2.48 bits per heavy atom. The molecule has 0 heterocycles. The Morgan fingerprint density at radius 2 is 1.83 bits per heavy atom. The van der Waals surface area contributed by atoms with Gasteiger partial charge in [-0.3, -0.25) is 0 Å². The molecule has 0 aliphatic heterocycles. The summed E-state index contributed by atoms with van der Waals surface area (Å²) in [5, 5.41) is 12.5. The van der Waals surface area contributed by atoms with Gasteiger partial charge in [-0.25, -0.2) is 0 Å². The van der Waals surface area contributed by atoms with Crippen LogP contribution in [0.15, 0.2) is 48.5 Å². The lowest BCUT2D eigenvalue weighted by molar-refractivity contribution is 0.238. The molecule has 0 spiro atoms. The van der Waals surface area contributed by atoms with Crippen LogP contribution in [0.25, 0.3) is 0 Å². The Labute approximate surface area is 138 Å². The Morgan fingerprint density at radius 1 is 1.04 bits per heavy atom. The van der Waals surface area contributed by atoms with Gasteiger partial charge in [0.15, 0.2) is 11.5 Å². The third-order valence-corrected chi connectivity index (χ3v) is 3.77. The van der Waals surface area contributed by atoms with E-state index in [1.807, 2.05) is 48.5 Å². The van der Waals surface area contributed by atoms with Crippen LogP contribution in [-0.2, 0) is 13.2 Å². The summed E-state index contributed by atoms with van der Waals surface area (Å²) in [5.41, 5.74) is 2.22. The second-order valence-corrected chi connectivity index (χ2v) is 5.43. The molecule has 2 rings (SSSR count). The van der Waals surface area contributed by atoms with Gasteiger partial charge in [-0.15, -0.1) is 0 Å². The maximum absolute atomic E-state index is 9.22. The maximum Gasteiger partial charge on any atom is 0.161 e. The van der Waals surface area contributed by atoms with Crippen LogP contribution in [0.1, 0.15) is 24.5 Å². The van der Waals surface area contributed by atoms with Gasteiger partial charge in [0.1, 0.15) is 6.61 Å². The van der Waals surface area contributed by atoms with E-state index in [2.05, 4.69) is 12.2 Å². The lowest BCUT2D eigenvalue weighted by atomic mass is 10.1. The van der Waals surface area contributed by atoms with Crippen LogP contribution >= 0.6 is 0 Å². The molecular weight excluding hydrogens is 290 g/mol. The molecule has 2 aromatic rings.